The first-order valence-electron chi connectivity index (χ1n) is 12.1. The Hall–Kier alpha value is -4.98. The molecule has 214 valence electrons. The molecule has 1 atom stereocenters. The molecule has 6 N–H and O–H groups in total. The molecule has 0 heterocycles. The third-order valence-electron chi connectivity index (χ3n) is 5.88. The molecule has 11 nitrogen and oxygen atoms in total. The number of aromatic carboxylic acids is 2. The van der Waals surface area contributed by atoms with Crippen molar-refractivity contribution >= 4 is 56.9 Å². The van der Waals surface area contributed by atoms with Gasteiger partial charge in [-0.05, 0) is 66.2 Å². The Labute approximate surface area is 244 Å². The molecule has 0 saturated heterocycles. The van der Waals surface area contributed by atoms with Gasteiger partial charge in [0.2, 0.25) is 15.9 Å². The van der Waals surface area contributed by atoms with Crippen molar-refractivity contribution in [2.24, 2.45) is 5.14 Å². The highest BCUT2D eigenvalue weighted by molar-refractivity contribution is 8.00. The Kier molecular flexibility index (Phi) is 9.06. The van der Waals surface area contributed by atoms with Gasteiger partial charge in [-0.3, -0.25) is 9.59 Å². The van der Waals surface area contributed by atoms with Crippen LogP contribution in [0.5, 0.6) is 0 Å². The molecular weight excluding hydrogens is 582 g/mol. The van der Waals surface area contributed by atoms with Crippen LogP contribution in [-0.4, -0.2) is 42.4 Å². The number of benzene rings is 4. The lowest BCUT2D eigenvalue weighted by Gasteiger charge is -2.18. The molecule has 0 bridgehead atoms. The van der Waals surface area contributed by atoms with E-state index in [0.717, 1.165) is 18.2 Å². The van der Waals surface area contributed by atoms with E-state index in [-0.39, 0.29) is 16.0 Å². The maximum atomic E-state index is 13.4. The zero-order valence-corrected chi connectivity index (χ0v) is 23.2. The third kappa shape index (κ3) is 7.40. The first-order chi connectivity index (χ1) is 19.9. The molecule has 4 aromatic carbocycles. The standard InChI is InChI=1S/C29H23N3O8S2/c30-42(39,40)22-12-10-19(11-13-22)31-27(34)25(17-5-2-1-3-6-17)41-21-8-4-7-20(16-21)32-26(33)23-14-9-18(28(35)36)15-24(23)29(37)38/h1-16,25H,(H,31,34)(H,32,33)(H,35,36)(H,37,38)(H2,30,39,40). The van der Waals surface area contributed by atoms with Gasteiger partial charge in [-0.25, -0.2) is 23.1 Å². The highest BCUT2D eigenvalue weighted by Gasteiger charge is 2.23. The topological polar surface area (TPSA) is 193 Å². The molecule has 0 aliphatic heterocycles. The minimum atomic E-state index is -3.89. The van der Waals surface area contributed by atoms with E-state index in [1.165, 1.54) is 36.0 Å². The minimum Gasteiger partial charge on any atom is -0.478 e. The van der Waals surface area contributed by atoms with E-state index in [9.17, 15) is 32.7 Å². The summed E-state index contributed by atoms with van der Waals surface area (Å²) in [6, 6.07) is 24.1. The lowest BCUT2D eigenvalue weighted by molar-refractivity contribution is -0.115. The number of carboxylic acid groups (broad SMARTS) is 2. The lowest BCUT2D eigenvalue weighted by Crippen LogP contribution is -2.19. The van der Waals surface area contributed by atoms with Gasteiger partial charge in [0.15, 0.2) is 0 Å². The largest absolute Gasteiger partial charge is 0.478 e. The number of anilines is 2. The summed E-state index contributed by atoms with van der Waals surface area (Å²) < 4.78 is 23.1. The van der Waals surface area contributed by atoms with Gasteiger partial charge in [0.1, 0.15) is 5.25 Å². The maximum absolute atomic E-state index is 13.4. The summed E-state index contributed by atoms with van der Waals surface area (Å²) in [7, 11) is -3.89. The smallest absolute Gasteiger partial charge is 0.336 e. The molecule has 2 amide bonds. The van der Waals surface area contributed by atoms with Crippen LogP contribution in [0.25, 0.3) is 0 Å². The van der Waals surface area contributed by atoms with Gasteiger partial charge >= 0.3 is 11.9 Å². The van der Waals surface area contributed by atoms with E-state index in [4.69, 9.17) is 10.2 Å². The SMILES string of the molecule is NS(=O)(=O)c1ccc(NC(=O)C(Sc2cccc(NC(=O)c3ccc(C(=O)O)cc3C(=O)O)c2)c2ccccc2)cc1. The lowest BCUT2D eigenvalue weighted by atomic mass is 10.0. The van der Waals surface area contributed by atoms with Gasteiger partial charge in [0.25, 0.3) is 5.91 Å². The maximum Gasteiger partial charge on any atom is 0.336 e. The number of nitrogens with one attached hydrogen (secondary N) is 2. The number of carbonyl (C=O) groups is 4. The van der Waals surface area contributed by atoms with Crippen molar-refractivity contribution in [3.63, 3.8) is 0 Å². The molecule has 0 aromatic heterocycles. The van der Waals surface area contributed by atoms with Crippen molar-refractivity contribution < 1.29 is 37.8 Å². The number of rotatable bonds is 10. The van der Waals surface area contributed by atoms with Crippen LogP contribution >= 0.6 is 11.8 Å². The van der Waals surface area contributed by atoms with Crippen LogP contribution in [0.4, 0.5) is 11.4 Å². The van der Waals surface area contributed by atoms with Crippen LogP contribution in [0.2, 0.25) is 0 Å². The normalized spacial score (nSPS) is 11.7. The zero-order chi connectivity index (χ0) is 30.4. The molecule has 0 radical (unpaired) electrons. The van der Waals surface area contributed by atoms with Crippen LogP contribution in [0.1, 0.15) is 41.9 Å². The molecule has 4 aromatic rings. The Balaban J connectivity index is 1.56. The number of thioether (sulfide) groups is 1. The van der Waals surface area contributed by atoms with Crippen LogP contribution < -0.4 is 15.8 Å². The van der Waals surface area contributed by atoms with Gasteiger partial charge in [-0.1, -0.05) is 36.4 Å². The molecule has 0 aliphatic rings. The Morgan fingerprint density at radius 2 is 1.40 bits per heavy atom. The van der Waals surface area contributed by atoms with E-state index in [0.29, 0.717) is 21.8 Å². The quantitative estimate of drug-likeness (QED) is 0.162. The van der Waals surface area contributed by atoms with Gasteiger partial charge in [-0.15, -0.1) is 11.8 Å². The molecular formula is C29H23N3O8S2. The summed E-state index contributed by atoms with van der Waals surface area (Å²) in [6.07, 6.45) is 0. The number of nitrogens with two attached hydrogens (primary N) is 1. The molecule has 4 rings (SSSR count). The number of amides is 2. The predicted octanol–water partition coefficient (Wildman–Crippen LogP) is 4.45. The summed E-state index contributed by atoms with van der Waals surface area (Å²) >= 11 is 1.19. The molecule has 13 heteroatoms. The van der Waals surface area contributed by atoms with Crippen LogP contribution in [0.3, 0.4) is 0 Å². The van der Waals surface area contributed by atoms with Crippen LogP contribution in [-0.2, 0) is 14.8 Å². The zero-order valence-electron chi connectivity index (χ0n) is 21.6. The molecule has 1 unspecified atom stereocenters. The van der Waals surface area contributed by atoms with E-state index in [2.05, 4.69) is 10.6 Å². The summed E-state index contributed by atoms with van der Waals surface area (Å²) in [5, 5.41) is 28.4. The Morgan fingerprint density at radius 3 is 2.02 bits per heavy atom. The van der Waals surface area contributed by atoms with Crippen molar-refractivity contribution in [1.29, 1.82) is 0 Å². The second-order valence-electron chi connectivity index (χ2n) is 8.82. The third-order valence-corrected chi connectivity index (χ3v) is 8.06. The van der Waals surface area contributed by atoms with Crippen molar-refractivity contribution in [1.82, 2.24) is 0 Å². The van der Waals surface area contributed by atoms with Gasteiger partial charge in [0, 0.05) is 16.3 Å². The first kappa shape index (κ1) is 30.0. The van der Waals surface area contributed by atoms with Gasteiger partial charge < -0.3 is 20.8 Å². The number of carboxylic acids is 2. The van der Waals surface area contributed by atoms with Crippen molar-refractivity contribution in [3.8, 4) is 0 Å². The van der Waals surface area contributed by atoms with E-state index in [1.54, 1.807) is 54.6 Å². The van der Waals surface area contributed by atoms with Crippen molar-refractivity contribution in [2.45, 2.75) is 15.0 Å². The molecule has 0 aliphatic carbocycles. The second-order valence-corrected chi connectivity index (χ2v) is 11.6. The highest BCUT2D eigenvalue weighted by Crippen LogP contribution is 2.37. The number of primary sulfonamides is 1. The Morgan fingerprint density at radius 1 is 0.714 bits per heavy atom. The van der Waals surface area contributed by atoms with E-state index < -0.39 is 44.6 Å². The minimum absolute atomic E-state index is 0.0957. The van der Waals surface area contributed by atoms with Crippen LogP contribution in [0.15, 0.2) is 107 Å². The molecule has 42 heavy (non-hydrogen) atoms. The van der Waals surface area contributed by atoms with Crippen molar-refractivity contribution in [2.75, 3.05) is 10.6 Å². The van der Waals surface area contributed by atoms with Gasteiger partial charge in [0.05, 0.1) is 21.6 Å². The summed E-state index contributed by atoms with van der Waals surface area (Å²) in [4.78, 5) is 49.7. The molecule has 0 saturated carbocycles. The fourth-order valence-electron chi connectivity index (χ4n) is 3.87. The summed E-state index contributed by atoms with van der Waals surface area (Å²) in [6.45, 7) is 0. The summed E-state index contributed by atoms with van der Waals surface area (Å²) in [5.41, 5.74) is 0.400. The van der Waals surface area contributed by atoms with Crippen LogP contribution in [0, 0.1) is 0 Å². The van der Waals surface area contributed by atoms with Gasteiger partial charge in [-0.2, -0.15) is 0 Å². The average Bonchev–Trinajstić information content (AvgIpc) is 2.96. The molecule has 0 fully saturated rings. The number of hydrogen-bond donors (Lipinski definition) is 5. The first-order valence-corrected chi connectivity index (χ1v) is 14.5. The van der Waals surface area contributed by atoms with E-state index in [1.807, 2.05) is 0 Å². The predicted molar refractivity (Wildman–Crippen MR) is 156 cm³/mol. The monoisotopic (exact) mass is 605 g/mol. The van der Waals surface area contributed by atoms with Crippen molar-refractivity contribution in [3.05, 3.63) is 119 Å². The number of hydrogen-bond acceptors (Lipinski definition) is 7. The fourth-order valence-corrected chi connectivity index (χ4v) is 5.47. The molecule has 0 spiro atoms. The summed E-state index contributed by atoms with van der Waals surface area (Å²) in [5.74, 6) is -3.93. The average molecular weight is 606 g/mol. The number of sulfonamides is 1. The van der Waals surface area contributed by atoms with E-state index >= 15 is 0 Å². The second kappa shape index (κ2) is 12.7. The highest BCUT2D eigenvalue weighted by atomic mass is 32.2. The Bertz CT molecular complexity index is 1780. The number of carbonyl (C=O) groups excluding carboxylic acids is 2. The fraction of sp³-hybridized carbons (Fsp3) is 0.0345.